The molecule has 1 aliphatic heterocycles. The van der Waals surface area contributed by atoms with Gasteiger partial charge in [-0.2, -0.15) is 0 Å². The van der Waals surface area contributed by atoms with Gasteiger partial charge >= 0.3 is 12.1 Å². The molecule has 0 radical (unpaired) electrons. The van der Waals surface area contributed by atoms with E-state index in [1.54, 1.807) is 13.0 Å². The number of amides is 1. The van der Waals surface area contributed by atoms with Gasteiger partial charge in [-0.05, 0) is 19.8 Å². The van der Waals surface area contributed by atoms with Crippen LogP contribution in [0.15, 0.2) is 12.2 Å². The summed E-state index contributed by atoms with van der Waals surface area (Å²) in [5.41, 5.74) is 0. The lowest BCUT2D eigenvalue weighted by atomic mass is 10.2. The number of carbonyl (C=O) groups is 2. The Balaban J connectivity index is 2.50. The fraction of sp³-hybridized carbons (Fsp3) is 0.600. The zero-order valence-electron chi connectivity index (χ0n) is 8.68. The number of ether oxygens (including phenoxy) is 1. The van der Waals surface area contributed by atoms with E-state index in [0.717, 1.165) is 12.8 Å². The average Bonchev–Trinajstić information content (AvgIpc) is 2.63. The van der Waals surface area contributed by atoms with Gasteiger partial charge in [0.15, 0.2) is 0 Å². The van der Waals surface area contributed by atoms with Gasteiger partial charge in [0.05, 0.1) is 12.6 Å². The highest BCUT2D eigenvalue weighted by atomic mass is 16.5. The summed E-state index contributed by atoms with van der Waals surface area (Å²) in [5, 5.41) is 8.83. The molecule has 1 rings (SSSR count). The minimum atomic E-state index is -0.939. The molecule has 0 aliphatic carbocycles. The fourth-order valence-electron chi connectivity index (χ4n) is 1.61. The predicted octanol–water partition coefficient (Wildman–Crippen LogP) is 1.25. The molecule has 1 aliphatic rings. The smallest absolute Gasteiger partial charge is 0.407 e. The van der Waals surface area contributed by atoms with Gasteiger partial charge in [-0.25, -0.2) is 9.59 Å². The van der Waals surface area contributed by atoms with Gasteiger partial charge in [0, 0.05) is 12.6 Å². The molecule has 5 heteroatoms. The van der Waals surface area contributed by atoms with Crippen molar-refractivity contribution < 1.29 is 19.4 Å². The third-order valence-corrected chi connectivity index (χ3v) is 2.29. The van der Waals surface area contributed by atoms with Gasteiger partial charge in [-0.1, -0.05) is 6.08 Å². The van der Waals surface area contributed by atoms with E-state index in [1.807, 2.05) is 0 Å². The summed E-state index contributed by atoms with van der Waals surface area (Å²) in [6, 6.07) is -0.188. The molecule has 1 saturated heterocycles. The molecule has 5 nitrogen and oxygen atoms in total. The maximum atomic E-state index is 11.0. The number of likely N-dealkylation sites (tertiary alicyclic amines) is 1. The lowest BCUT2D eigenvalue weighted by Crippen LogP contribution is -2.32. The van der Waals surface area contributed by atoms with Gasteiger partial charge in [0.2, 0.25) is 0 Å². The Morgan fingerprint density at radius 2 is 2.33 bits per heavy atom. The minimum Gasteiger partial charge on any atom is -0.465 e. The highest BCUT2D eigenvalue weighted by Crippen LogP contribution is 2.18. The highest BCUT2D eigenvalue weighted by Gasteiger charge is 2.26. The maximum absolute atomic E-state index is 11.0. The van der Waals surface area contributed by atoms with Crippen molar-refractivity contribution in [1.29, 1.82) is 0 Å². The van der Waals surface area contributed by atoms with Crippen molar-refractivity contribution in [3.8, 4) is 0 Å². The number of hydrogen-bond acceptors (Lipinski definition) is 3. The molecule has 1 atom stereocenters. The summed E-state index contributed by atoms with van der Waals surface area (Å²) < 4.78 is 4.71. The summed E-state index contributed by atoms with van der Waals surface area (Å²) in [5.74, 6) is -0.422. The number of carbonyl (C=O) groups excluding carboxylic acids is 1. The Morgan fingerprint density at radius 1 is 1.60 bits per heavy atom. The SMILES string of the molecule is CCOC(=O)C=C[C@@H]1CCCN1C(=O)O. The molecule has 84 valence electrons. The molecule has 0 aromatic heterocycles. The molecule has 1 amide bonds. The molecule has 0 saturated carbocycles. The summed E-state index contributed by atoms with van der Waals surface area (Å²) in [6.45, 7) is 2.59. The van der Waals surface area contributed by atoms with Crippen LogP contribution in [0.25, 0.3) is 0 Å². The van der Waals surface area contributed by atoms with Crippen LogP contribution in [0.1, 0.15) is 19.8 Å². The second-order valence-corrected chi connectivity index (χ2v) is 3.30. The van der Waals surface area contributed by atoms with Crippen LogP contribution in [0, 0.1) is 0 Å². The summed E-state index contributed by atoms with van der Waals surface area (Å²) in [7, 11) is 0. The quantitative estimate of drug-likeness (QED) is 0.566. The topological polar surface area (TPSA) is 66.8 Å². The number of carboxylic acid groups (broad SMARTS) is 1. The first-order valence-electron chi connectivity index (χ1n) is 4.99. The predicted molar refractivity (Wildman–Crippen MR) is 53.5 cm³/mol. The molecule has 0 spiro atoms. The van der Waals surface area contributed by atoms with Crippen molar-refractivity contribution in [3.63, 3.8) is 0 Å². The largest absolute Gasteiger partial charge is 0.465 e. The van der Waals surface area contributed by atoms with Crippen molar-refractivity contribution in [1.82, 2.24) is 4.90 Å². The van der Waals surface area contributed by atoms with Crippen LogP contribution >= 0.6 is 0 Å². The number of nitrogens with zero attached hydrogens (tertiary/aromatic N) is 1. The lowest BCUT2D eigenvalue weighted by Gasteiger charge is -2.17. The second-order valence-electron chi connectivity index (χ2n) is 3.30. The third kappa shape index (κ3) is 3.27. The Morgan fingerprint density at radius 3 is 2.93 bits per heavy atom. The first-order chi connectivity index (χ1) is 7.15. The zero-order valence-corrected chi connectivity index (χ0v) is 8.68. The van der Waals surface area contributed by atoms with E-state index < -0.39 is 12.1 Å². The van der Waals surface area contributed by atoms with Crippen molar-refractivity contribution in [2.75, 3.05) is 13.2 Å². The standard InChI is InChI=1S/C10H15NO4/c1-2-15-9(12)6-5-8-4-3-7-11(8)10(13)14/h5-6,8H,2-4,7H2,1H3,(H,13,14)/t8-/m0/s1. The van der Waals surface area contributed by atoms with Gasteiger partial charge in [0.1, 0.15) is 0 Å². The van der Waals surface area contributed by atoms with Crippen molar-refractivity contribution >= 4 is 12.1 Å². The maximum Gasteiger partial charge on any atom is 0.407 e. The first kappa shape index (κ1) is 11.6. The summed E-state index contributed by atoms with van der Waals surface area (Å²) in [6.07, 6.45) is 3.56. The second kappa shape index (κ2) is 5.38. The van der Waals surface area contributed by atoms with Crippen LogP contribution in [0.2, 0.25) is 0 Å². The number of rotatable bonds is 3. The molecular formula is C10H15NO4. The molecule has 0 unspecified atom stereocenters. The van der Waals surface area contributed by atoms with Gasteiger partial charge in [-0.3, -0.25) is 0 Å². The number of hydrogen-bond donors (Lipinski definition) is 1. The van der Waals surface area contributed by atoms with Crippen LogP contribution in [-0.4, -0.2) is 41.3 Å². The van der Waals surface area contributed by atoms with Crippen LogP contribution in [0.5, 0.6) is 0 Å². The van der Waals surface area contributed by atoms with E-state index >= 15 is 0 Å². The van der Waals surface area contributed by atoms with E-state index in [9.17, 15) is 9.59 Å². The Bertz CT molecular complexity index is 275. The Kier molecular flexibility index (Phi) is 4.15. The Labute approximate surface area is 88.3 Å². The van der Waals surface area contributed by atoms with E-state index in [-0.39, 0.29) is 6.04 Å². The average molecular weight is 213 g/mol. The lowest BCUT2D eigenvalue weighted by molar-refractivity contribution is -0.137. The molecule has 1 N–H and O–H groups in total. The van der Waals surface area contributed by atoms with Crippen LogP contribution in [0.4, 0.5) is 4.79 Å². The third-order valence-electron chi connectivity index (χ3n) is 2.29. The molecule has 0 aromatic carbocycles. The van der Waals surface area contributed by atoms with Crippen molar-refractivity contribution in [2.24, 2.45) is 0 Å². The van der Waals surface area contributed by atoms with Crippen LogP contribution < -0.4 is 0 Å². The van der Waals surface area contributed by atoms with Crippen LogP contribution in [-0.2, 0) is 9.53 Å². The zero-order chi connectivity index (χ0) is 11.3. The molecule has 1 fully saturated rings. The normalized spacial score (nSPS) is 20.9. The first-order valence-corrected chi connectivity index (χ1v) is 4.99. The molecular weight excluding hydrogens is 198 g/mol. The minimum absolute atomic E-state index is 0.188. The monoisotopic (exact) mass is 213 g/mol. The highest BCUT2D eigenvalue weighted by molar-refractivity contribution is 5.82. The van der Waals surface area contributed by atoms with Gasteiger partial charge < -0.3 is 14.7 Å². The molecule has 0 aromatic rings. The summed E-state index contributed by atoms with van der Waals surface area (Å²) >= 11 is 0. The van der Waals surface area contributed by atoms with Crippen LogP contribution in [0.3, 0.4) is 0 Å². The van der Waals surface area contributed by atoms with E-state index in [1.165, 1.54) is 11.0 Å². The van der Waals surface area contributed by atoms with Gasteiger partial charge in [-0.15, -0.1) is 0 Å². The molecule has 0 bridgehead atoms. The Hall–Kier alpha value is -1.52. The van der Waals surface area contributed by atoms with Gasteiger partial charge in [0.25, 0.3) is 0 Å². The van der Waals surface area contributed by atoms with Crippen molar-refractivity contribution in [3.05, 3.63) is 12.2 Å². The molecule has 1 heterocycles. The van der Waals surface area contributed by atoms with Crippen molar-refractivity contribution in [2.45, 2.75) is 25.8 Å². The van der Waals surface area contributed by atoms with E-state index in [4.69, 9.17) is 9.84 Å². The summed E-state index contributed by atoms with van der Waals surface area (Å²) in [4.78, 5) is 23.1. The van der Waals surface area contributed by atoms with E-state index in [0.29, 0.717) is 13.2 Å². The molecule has 15 heavy (non-hydrogen) atoms. The van der Waals surface area contributed by atoms with E-state index in [2.05, 4.69) is 0 Å². The fourth-order valence-corrected chi connectivity index (χ4v) is 1.61. The number of esters is 1.